The molecule has 1 saturated heterocycles. The molecule has 1 fully saturated rings. The van der Waals surface area contributed by atoms with E-state index in [1.165, 1.54) is 6.20 Å². The third-order valence-corrected chi connectivity index (χ3v) is 8.72. The fourth-order valence-corrected chi connectivity index (χ4v) is 6.51. The number of benzene rings is 2. The lowest BCUT2D eigenvalue weighted by molar-refractivity contribution is 0.247. The van der Waals surface area contributed by atoms with Gasteiger partial charge in [0, 0.05) is 42.6 Å². The molecule has 0 atom stereocenters. The van der Waals surface area contributed by atoms with E-state index < -0.39 is 10.0 Å². The third-order valence-electron chi connectivity index (χ3n) is 6.86. The van der Waals surface area contributed by atoms with Crippen molar-refractivity contribution in [3.05, 3.63) is 78.8 Å². The summed E-state index contributed by atoms with van der Waals surface area (Å²) in [5.41, 5.74) is 3.67. The number of rotatable bonds is 3. The molecule has 0 radical (unpaired) electrons. The van der Waals surface area contributed by atoms with Gasteiger partial charge < -0.3 is 14.6 Å². The molecule has 8 heteroatoms. The number of ether oxygens (including phenoxy) is 1. The summed E-state index contributed by atoms with van der Waals surface area (Å²) < 4.78 is 36.1. The van der Waals surface area contributed by atoms with Crippen LogP contribution in [0.15, 0.2) is 78.0 Å². The van der Waals surface area contributed by atoms with Gasteiger partial charge >= 0.3 is 0 Å². The predicted molar refractivity (Wildman–Crippen MR) is 127 cm³/mol. The zero-order valence-corrected chi connectivity index (χ0v) is 19.0. The van der Waals surface area contributed by atoms with E-state index in [2.05, 4.69) is 27.1 Å². The largest absolute Gasteiger partial charge is 0.497 e. The average Bonchev–Trinajstić information content (AvgIpc) is 3.35. The Hall–Kier alpha value is -3.36. The second-order valence-electron chi connectivity index (χ2n) is 8.62. The van der Waals surface area contributed by atoms with Crippen molar-refractivity contribution in [2.75, 3.05) is 25.5 Å². The van der Waals surface area contributed by atoms with Gasteiger partial charge in [0.25, 0.3) is 0 Å². The SMILES string of the molecule is COc1ccc2c(c1)NC1(CCN(S(=O)(=O)c3cnc4ccccc4c3)CC1)c1cccn1-2. The van der Waals surface area contributed by atoms with Crippen molar-refractivity contribution in [1.29, 1.82) is 0 Å². The van der Waals surface area contributed by atoms with Gasteiger partial charge in [0.2, 0.25) is 10.0 Å². The second-order valence-corrected chi connectivity index (χ2v) is 10.6. The summed E-state index contributed by atoms with van der Waals surface area (Å²) in [5.74, 6) is 0.788. The first kappa shape index (κ1) is 20.3. The van der Waals surface area contributed by atoms with Crippen LogP contribution in [0.2, 0.25) is 0 Å². The molecule has 168 valence electrons. The van der Waals surface area contributed by atoms with E-state index in [0.717, 1.165) is 33.7 Å². The number of hydrogen-bond donors (Lipinski definition) is 1. The molecule has 2 aromatic carbocycles. The Balaban J connectivity index is 1.30. The Kier molecular flexibility index (Phi) is 4.50. The maximum Gasteiger partial charge on any atom is 0.244 e. The Morgan fingerprint density at radius 3 is 2.67 bits per heavy atom. The van der Waals surface area contributed by atoms with Gasteiger partial charge in [-0.25, -0.2) is 8.42 Å². The van der Waals surface area contributed by atoms with Crippen LogP contribution in [0, 0.1) is 0 Å². The molecular weight excluding hydrogens is 436 g/mol. The first-order chi connectivity index (χ1) is 16.0. The van der Waals surface area contributed by atoms with Crippen molar-refractivity contribution in [3.8, 4) is 11.4 Å². The van der Waals surface area contributed by atoms with Gasteiger partial charge in [0.15, 0.2) is 0 Å². The minimum atomic E-state index is -3.63. The van der Waals surface area contributed by atoms with Crippen LogP contribution >= 0.6 is 0 Å². The van der Waals surface area contributed by atoms with Crippen molar-refractivity contribution in [2.45, 2.75) is 23.3 Å². The average molecular weight is 461 g/mol. The minimum Gasteiger partial charge on any atom is -0.497 e. The monoisotopic (exact) mass is 460 g/mol. The van der Waals surface area contributed by atoms with Crippen molar-refractivity contribution < 1.29 is 13.2 Å². The summed E-state index contributed by atoms with van der Waals surface area (Å²) in [7, 11) is -1.97. The maximum absolute atomic E-state index is 13.4. The molecular formula is C25H24N4O3S. The van der Waals surface area contributed by atoms with E-state index in [-0.39, 0.29) is 10.4 Å². The van der Waals surface area contributed by atoms with Gasteiger partial charge in [-0.15, -0.1) is 0 Å². The third kappa shape index (κ3) is 3.13. The van der Waals surface area contributed by atoms with Crippen LogP contribution in [0.25, 0.3) is 16.6 Å². The number of piperidine rings is 1. The molecule has 4 heterocycles. The molecule has 2 aliphatic rings. The quantitative estimate of drug-likeness (QED) is 0.497. The summed E-state index contributed by atoms with van der Waals surface area (Å²) in [6.45, 7) is 0.847. The summed E-state index contributed by atoms with van der Waals surface area (Å²) >= 11 is 0. The Morgan fingerprint density at radius 2 is 1.85 bits per heavy atom. The summed E-state index contributed by atoms with van der Waals surface area (Å²) in [6, 6.07) is 19.4. The number of anilines is 1. The molecule has 4 aromatic rings. The highest BCUT2D eigenvalue weighted by molar-refractivity contribution is 7.89. The van der Waals surface area contributed by atoms with Crippen molar-refractivity contribution in [2.24, 2.45) is 0 Å². The first-order valence-electron chi connectivity index (χ1n) is 11.0. The highest BCUT2D eigenvalue weighted by atomic mass is 32.2. The van der Waals surface area contributed by atoms with Gasteiger partial charge in [0.1, 0.15) is 10.6 Å². The van der Waals surface area contributed by atoms with E-state index in [1.807, 2.05) is 48.5 Å². The van der Waals surface area contributed by atoms with Crippen LogP contribution < -0.4 is 10.1 Å². The lowest BCUT2D eigenvalue weighted by atomic mass is 9.83. The number of nitrogens with one attached hydrogen (secondary N) is 1. The van der Waals surface area contributed by atoms with Gasteiger partial charge in [-0.05, 0) is 49.2 Å². The smallest absolute Gasteiger partial charge is 0.244 e. The number of fused-ring (bicyclic) bond motifs is 5. The number of methoxy groups -OCH3 is 1. The van der Waals surface area contributed by atoms with Gasteiger partial charge in [-0.2, -0.15) is 4.31 Å². The number of para-hydroxylation sites is 1. The van der Waals surface area contributed by atoms with Crippen LogP contribution in [0.1, 0.15) is 18.5 Å². The minimum absolute atomic E-state index is 0.243. The summed E-state index contributed by atoms with van der Waals surface area (Å²) in [5, 5.41) is 4.55. The molecule has 1 spiro atoms. The number of nitrogens with zero attached hydrogens (tertiary/aromatic N) is 3. The number of hydrogen-bond acceptors (Lipinski definition) is 5. The van der Waals surface area contributed by atoms with Crippen LogP contribution in [0.3, 0.4) is 0 Å². The van der Waals surface area contributed by atoms with Gasteiger partial charge in [-0.3, -0.25) is 4.98 Å². The topological polar surface area (TPSA) is 76.5 Å². The van der Waals surface area contributed by atoms with Crippen molar-refractivity contribution >= 4 is 26.6 Å². The molecule has 0 aliphatic carbocycles. The van der Waals surface area contributed by atoms with Crippen molar-refractivity contribution in [3.63, 3.8) is 0 Å². The van der Waals surface area contributed by atoms with E-state index in [0.29, 0.717) is 25.9 Å². The number of pyridine rings is 1. The van der Waals surface area contributed by atoms with E-state index in [1.54, 1.807) is 17.5 Å². The molecule has 6 rings (SSSR count). The predicted octanol–water partition coefficient (Wildman–Crippen LogP) is 4.14. The van der Waals surface area contributed by atoms with E-state index in [9.17, 15) is 8.42 Å². The molecule has 33 heavy (non-hydrogen) atoms. The lowest BCUT2D eigenvalue weighted by Crippen LogP contribution is -2.51. The lowest BCUT2D eigenvalue weighted by Gasteiger charge is -2.45. The van der Waals surface area contributed by atoms with Crippen LogP contribution in [0.5, 0.6) is 5.75 Å². The molecule has 2 aliphatic heterocycles. The second kappa shape index (κ2) is 7.33. The summed E-state index contributed by atoms with van der Waals surface area (Å²) in [4.78, 5) is 4.60. The molecule has 0 amide bonds. The molecule has 0 bridgehead atoms. The highest BCUT2D eigenvalue weighted by Gasteiger charge is 2.44. The first-order valence-corrected chi connectivity index (χ1v) is 12.4. The molecule has 2 aromatic heterocycles. The zero-order valence-electron chi connectivity index (χ0n) is 18.2. The van der Waals surface area contributed by atoms with Crippen LogP contribution in [0.4, 0.5) is 5.69 Å². The molecule has 0 saturated carbocycles. The van der Waals surface area contributed by atoms with Crippen LogP contribution in [-0.2, 0) is 15.6 Å². The van der Waals surface area contributed by atoms with Crippen molar-refractivity contribution in [1.82, 2.24) is 13.9 Å². The number of sulfonamides is 1. The zero-order chi connectivity index (χ0) is 22.6. The maximum atomic E-state index is 13.4. The highest BCUT2D eigenvalue weighted by Crippen LogP contribution is 2.45. The molecule has 7 nitrogen and oxygen atoms in total. The Labute approximate surface area is 192 Å². The van der Waals surface area contributed by atoms with E-state index in [4.69, 9.17) is 4.74 Å². The van der Waals surface area contributed by atoms with Gasteiger partial charge in [0.05, 0.1) is 29.5 Å². The normalized spacial score (nSPS) is 17.4. The van der Waals surface area contributed by atoms with Gasteiger partial charge in [-0.1, -0.05) is 18.2 Å². The Morgan fingerprint density at radius 1 is 1.03 bits per heavy atom. The molecule has 0 unspecified atom stereocenters. The summed E-state index contributed by atoms with van der Waals surface area (Å²) in [6.07, 6.45) is 4.85. The molecule has 1 N–H and O–H groups in total. The fraction of sp³-hybridized carbons (Fsp3) is 0.240. The van der Waals surface area contributed by atoms with Crippen LogP contribution in [-0.4, -0.2) is 42.5 Å². The number of aromatic nitrogens is 2. The Bertz CT molecular complexity index is 1470. The van der Waals surface area contributed by atoms with E-state index >= 15 is 0 Å². The standard InChI is InChI=1S/C25H24N4O3S/c1-32-19-8-9-23-22(16-19)27-25(24-7-4-12-29(23)24)10-13-28(14-11-25)33(30,31)20-15-18-5-2-3-6-21(18)26-17-20/h2-9,12,15-17,27H,10-11,13-14H2,1H3. The fourth-order valence-electron chi connectivity index (χ4n) is 5.09.